The molecule has 3 rings (SSSR count). The van der Waals surface area contributed by atoms with Crippen LogP contribution in [0.15, 0.2) is 36.4 Å². The maximum atomic E-state index is 12.5. The summed E-state index contributed by atoms with van der Waals surface area (Å²) >= 11 is 0. The van der Waals surface area contributed by atoms with Crippen molar-refractivity contribution in [3.05, 3.63) is 59.2 Å². The minimum absolute atomic E-state index is 0.144. The fourth-order valence-corrected chi connectivity index (χ4v) is 3.14. The maximum absolute atomic E-state index is 12.5. The van der Waals surface area contributed by atoms with Crippen LogP contribution in [0.5, 0.6) is 0 Å². The highest BCUT2D eigenvalue weighted by Crippen LogP contribution is 2.23. The Kier molecular flexibility index (Phi) is 5.20. The summed E-state index contributed by atoms with van der Waals surface area (Å²) in [6.45, 7) is 4.50. The summed E-state index contributed by atoms with van der Waals surface area (Å²) in [4.78, 5) is 23.9. The lowest BCUT2D eigenvalue weighted by Gasteiger charge is -2.28. The maximum Gasteiger partial charge on any atom is 0.270 e. The van der Waals surface area contributed by atoms with Crippen molar-refractivity contribution in [1.29, 1.82) is 0 Å². The zero-order valence-electron chi connectivity index (χ0n) is 14.3. The number of benzene rings is 1. The van der Waals surface area contributed by atoms with Gasteiger partial charge in [0.2, 0.25) is 0 Å². The molecular formula is C19H24N4O. The van der Waals surface area contributed by atoms with E-state index in [1.54, 1.807) is 6.07 Å². The highest BCUT2D eigenvalue weighted by molar-refractivity contribution is 5.92. The van der Waals surface area contributed by atoms with E-state index in [1.165, 1.54) is 0 Å². The Bertz CT molecular complexity index is 702. The second-order valence-electron chi connectivity index (χ2n) is 6.52. The molecule has 1 aromatic carbocycles. The first-order valence-corrected chi connectivity index (χ1v) is 8.48. The smallest absolute Gasteiger partial charge is 0.270 e. The van der Waals surface area contributed by atoms with Gasteiger partial charge < -0.3 is 10.2 Å². The first-order chi connectivity index (χ1) is 11.6. The van der Waals surface area contributed by atoms with Gasteiger partial charge in [-0.3, -0.25) is 4.79 Å². The Morgan fingerprint density at radius 2 is 2.08 bits per heavy atom. The van der Waals surface area contributed by atoms with E-state index in [4.69, 9.17) is 0 Å². The molecule has 2 aromatic rings. The quantitative estimate of drug-likeness (QED) is 0.939. The minimum atomic E-state index is -0.144. The van der Waals surface area contributed by atoms with Crippen LogP contribution in [0, 0.1) is 6.92 Å². The number of piperidine rings is 1. The molecule has 1 aliphatic rings. The monoisotopic (exact) mass is 324 g/mol. The Morgan fingerprint density at radius 3 is 2.83 bits per heavy atom. The number of likely N-dealkylation sites (N-methyl/N-ethyl adjacent to an activating group) is 1. The van der Waals surface area contributed by atoms with Crippen molar-refractivity contribution in [2.24, 2.45) is 0 Å². The number of likely N-dealkylation sites (tertiary alicyclic amines) is 1. The fourth-order valence-electron chi connectivity index (χ4n) is 3.14. The Hall–Kier alpha value is -2.27. The molecule has 0 unspecified atom stereocenters. The van der Waals surface area contributed by atoms with Crippen LogP contribution in [-0.4, -0.2) is 40.9 Å². The largest absolute Gasteiger partial charge is 0.347 e. The average molecular weight is 324 g/mol. The van der Waals surface area contributed by atoms with E-state index in [-0.39, 0.29) is 5.91 Å². The van der Waals surface area contributed by atoms with Gasteiger partial charge in [0, 0.05) is 24.7 Å². The average Bonchev–Trinajstić information content (AvgIpc) is 2.60. The first-order valence-electron chi connectivity index (χ1n) is 8.48. The van der Waals surface area contributed by atoms with Gasteiger partial charge in [0.25, 0.3) is 5.91 Å². The van der Waals surface area contributed by atoms with Crippen LogP contribution >= 0.6 is 0 Å². The van der Waals surface area contributed by atoms with Gasteiger partial charge in [0.1, 0.15) is 11.5 Å². The zero-order chi connectivity index (χ0) is 16.9. The third-order valence-electron chi connectivity index (χ3n) is 4.39. The number of hydrogen-bond acceptors (Lipinski definition) is 4. The highest BCUT2D eigenvalue weighted by Gasteiger charge is 2.22. The molecular weight excluding hydrogens is 300 g/mol. The molecule has 1 saturated heterocycles. The number of nitrogens with one attached hydrogen (secondary N) is 1. The van der Waals surface area contributed by atoms with Crippen LogP contribution in [0.3, 0.4) is 0 Å². The molecule has 5 heteroatoms. The Morgan fingerprint density at radius 1 is 1.29 bits per heavy atom. The number of hydrogen-bond donors (Lipinski definition) is 1. The topological polar surface area (TPSA) is 58.1 Å². The second kappa shape index (κ2) is 7.53. The van der Waals surface area contributed by atoms with Crippen molar-refractivity contribution in [3.63, 3.8) is 0 Å². The predicted molar refractivity (Wildman–Crippen MR) is 93.9 cm³/mol. The molecule has 0 radical (unpaired) electrons. The Balaban J connectivity index is 1.72. The molecule has 1 amide bonds. The van der Waals surface area contributed by atoms with Crippen LogP contribution < -0.4 is 5.32 Å². The van der Waals surface area contributed by atoms with E-state index in [0.717, 1.165) is 43.0 Å². The van der Waals surface area contributed by atoms with Gasteiger partial charge in [0.05, 0.1) is 0 Å². The van der Waals surface area contributed by atoms with E-state index < -0.39 is 0 Å². The summed E-state index contributed by atoms with van der Waals surface area (Å²) < 4.78 is 0. The van der Waals surface area contributed by atoms with E-state index >= 15 is 0 Å². The molecule has 0 aliphatic carbocycles. The van der Waals surface area contributed by atoms with Gasteiger partial charge in [-0.25, -0.2) is 9.97 Å². The fraction of sp³-hybridized carbons (Fsp3) is 0.421. The number of rotatable bonds is 4. The summed E-state index contributed by atoms with van der Waals surface area (Å²) in [7, 11) is 2.12. The highest BCUT2D eigenvalue weighted by atomic mass is 16.1. The molecule has 1 atom stereocenters. The van der Waals surface area contributed by atoms with Crippen molar-refractivity contribution in [3.8, 4) is 0 Å². The van der Waals surface area contributed by atoms with Gasteiger partial charge in [-0.15, -0.1) is 0 Å². The first kappa shape index (κ1) is 16.6. The van der Waals surface area contributed by atoms with Crippen molar-refractivity contribution >= 4 is 5.91 Å². The van der Waals surface area contributed by atoms with Crippen LogP contribution in [0.25, 0.3) is 0 Å². The van der Waals surface area contributed by atoms with Crippen molar-refractivity contribution in [2.45, 2.75) is 32.2 Å². The van der Waals surface area contributed by atoms with Crippen LogP contribution in [0.1, 0.15) is 46.3 Å². The third kappa shape index (κ3) is 4.17. The summed E-state index contributed by atoms with van der Waals surface area (Å²) in [5.41, 5.74) is 2.38. The molecule has 1 aromatic heterocycles. The lowest BCUT2D eigenvalue weighted by atomic mass is 9.97. The summed E-state index contributed by atoms with van der Waals surface area (Å²) in [6.07, 6.45) is 2.23. The number of nitrogens with zero attached hydrogens (tertiary/aromatic N) is 3. The van der Waals surface area contributed by atoms with Crippen molar-refractivity contribution in [2.75, 3.05) is 20.1 Å². The normalized spacial score (nSPS) is 18.3. The molecule has 5 nitrogen and oxygen atoms in total. The molecule has 1 fully saturated rings. The van der Waals surface area contributed by atoms with Crippen LogP contribution in [0.2, 0.25) is 0 Å². The standard InChI is InChI=1S/C19H24N4O/c1-14-11-17(19(24)20-12-15-7-4-3-5-8-15)22-18(21-14)16-9-6-10-23(2)13-16/h3-5,7-8,11,16H,6,9-10,12-13H2,1-2H3,(H,20,24)/t16-/m1/s1. The SMILES string of the molecule is Cc1cc(C(=O)NCc2ccccc2)nc([C@@H]2CCCN(C)C2)n1. The zero-order valence-corrected chi connectivity index (χ0v) is 14.3. The second-order valence-corrected chi connectivity index (χ2v) is 6.52. The molecule has 1 N–H and O–H groups in total. The van der Waals surface area contributed by atoms with Gasteiger partial charge in [-0.1, -0.05) is 30.3 Å². The number of carbonyl (C=O) groups is 1. The lowest BCUT2D eigenvalue weighted by Crippen LogP contribution is -2.32. The Labute approximate surface area is 143 Å². The van der Waals surface area contributed by atoms with E-state index in [2.05, 4.69) is 27.2 Å². The van der Waals surface area contributed by atoms with E-state index in [0.29, 0.717) is 18.2 Å². The van der Waals surface area contributed by atoms with Crippen LogP contribution in [-0.2, 0) is 6.54 Å². The summed E-state index contributed by atoms with van der Waals surface area (Å²) in [6, 6.07) is 11.6. The van der Waals surface area contributed by atoms with Gasteiger partial charge in [0.15, 0.2) is 0 Å². The van der Waals surface area contributed by atoms with Gasteiger partial charge in [-0.05, 0) is 45.0 Å². The van der Waals surface area contributed by atoms with Gasteiger partial charge in [-0.2, -0.15) is 0 Å². The molecule has 2 heterocycles. The number of aromatic nitrogens is 2. The van der Waals surface area contributed by atoms with Gasteiger partial charge >= 0.3 is 0 Å². The van der Waals surface area contributed by atoms with Crippen molar-refractivity contribution in [1.82, 2.24) is 20.2 Å². The number of amides is 1. The summed E-state index contributed by atoms with van der Waals surface area (Å²) in [5, 5.41) is 2.94. The lowest BCUT2D eigenvalue weighted by molar-refractivity contribution is 0.0945. The molecule has 0 saturated carbocycles. The molecule has 24 heavy (non-hydrogen) atoms. The molecule has 126 valence electrons. The van der Waals surface area contributed by atoms with Crippen molar-refractivity contribution < 1.29 is 4.79 Å². The molecule has 0 spiro atoms. The molecule has 1 aliphatic heterocycles. The number of aryl methyl sites for hydroxylation is 1. The van der Waals surface area contributed by atoms with E-state index in [9.17, 15) is 4.79 Å². The number of carbonyl (C=O) groups excluding carboxylic acids is 1. The van der Waals surface area contributed by atoms with Crippen LogP contribution in [0.4, 0.5) is 0 Å². The minimum Gasteiger partial charge on any atom is -0.347 e. The third-order valence-corrected chi connectivity index (χ3v) is 4.39. The van der Waals surface area contributed by atoms with E-state index in [1.807, 2.05) is 37.3 Å². The molecule has 0 bridgehead atoms. The summed E-state index contributed by atoms with van der Waals surface area (Å²) in [5.74, 6) is 0.963. The predicted octanol–water partition coefficient (Wildman–Crippen LogP) is 2.52.